The van der Waals surface area contributed by atoms with Gasteiger partial charge in [-0.1, -0.05) is 19.1 Å². The largest absolute Gasteiger partial charge is 0.573 e. The molecule has 1 aromatic rings. The third-order valence-electron chi connectivity index (χ3n) is 3.05. The van der Waals surface area contributed by atoms with Crippen molar-refractivity contribution < 1.29 is 22.6 Å². The number of likely N-dealkylation sites (N-methyl/N-ethyl adjacent to an activating group) is 1. The summed E-state index contributed by atoms with van der Waals surface area (Å²) in [4.78, 5) is 0. The Hall–Kier alpha value is -1.27. The Balaban J connectivity index is 3.06. The van der Waals surface area contributed by atoms with E-state index >= 15 is 0 Å². The molecule has 0 saturated carbocycles. The first-order valence-electron chi connectivity index (χ1n) is 6.34. The Labute approximate surface area is 117 Å². The first kappa shape index (κ1) is 16.8. The molecule has 1 unspecified atom stereocenters. The van der Waals surface area contributed by atoms with E-state index in [1.165, 1.54) is 18.2 Å². The number of ether oxygens (including phenoxy) is 2. The summed E-state index contributed by atoms with van der Waals surface area (Å²) >= 11 is 0. The van der Waals surface area contributed by atoms with Crippen LogP contribution >= 0.6 is 0 Å². The number of halogens is 3. The van der Waals surface area contributed by atoms with Gasteiger partial charge in [-0.15, -0.1) is 13.2 Å². The molecule has 1 atom stereocenters. The molecule has 0 aromatic heterocycles. The standard InChI is InChI=1S/C14H20F3NO2/c1-5-18-12(13(2,3)19-4)10-7-6-8-11(9-10)20-14(15,16)17/h6-9,12,18H,5H2,1-4H3. The molecule has 0 heterocycles. The number of hydrogen-bond donors (Lipinski definition) is 1. The van der Waals surface area contributed by atoms with Crippen molar-refractivity contribution in [3.63, 3.8) is 0 Å². The van der Waals surface area contributed by atoms with Gasteiger partial charge in [0.05, 0.1) is 11.6 Å². The fraction of sp³-hybridized carbons (Fsp3) is 0.571. The molecule has 1 rings (SSSR count). The highest BCUT2D eigenvalue weighted by molar-refractivity contribution is 5.32. The Morgan fingerprint density at radius 2 is 1.90 bits per heavy atom. The lowest BCUT2D eigenvalue weighted by molar-refractivity contribution is -0.274. The van der Waals surface area contributed by atoms with Crippen LogP contribution in [0.2, 0.25) is 0 Å². The maximum Gasteiger partial charge on any atom is 0.573 e. The summed E-state index contributed by atoms with van der Waals surface area (Å²) < 4.78 is 46.1. The summed E-state index contributed by atoms with van der Waals surface area (Å²) in [6, 6.07) is 5.69. The Kier molecular flexibility index (Phi) is 5.42. The van der Waals surface area contributed by atoms with Gasteiger partial charge in [0, 0.05) is 7.11 Å². The van der Waals surface area contributed by atoms with Crippen LogP contribution in [0, 0.1) is 0 Å². The Morgan fingerprint density at radius 3 is 2.40 bits per heavy atom. The topological polar surface area (TPSA) is 30.5 Å². The van der Waals surface area contributed by atoms with E-state index in [0.717, 1.165) is 0 Å². The average Bonchev–Trinajstić information content (AvgIpc) is 2.34. The summed E-state index contributed by atoms with van der Waals surface area (Å²) in [5, 5.41) is 3.22. The van der Waals surface area contributed by atoms with Gasteiger partial charge in [-0.2, -0.15) is 0 Å². The lowest BCUT2D eigenvalue weighted by Crippen LogP contribution is -2.40. The van der Waals surface area contributed by atoms with Gasteiger partial charge >= 0.3 is 6.36 Å². The number of benzene rings is 1. The van der Waals surface area contributed by atoms with E-state index in [1.54, 1.807) is 13.2 Å². The van der Waals surface area contributed by atoms with Crippen LogP contribution in [0.25, 0.3) is 0 Å². The van der Waals surface area contributed by atoms with Gasteiger partial charge in [-0.05, 0) is 38.1 Å². The monoisotopic (exact) mass is 291 g/mol. The van der Waals surface area contributed by atoms with Crippen LogP contribution in [0.5, 0.6) is 5.75 Å². The van der Waals surface area contributed by atoms with E-state index in [0.29, 0.717) is 12.1 Å². The molecule has 3 nitrogen and oxygen atoms in total. The van der Waals surface area contributed by atoms with E-state index in [-0.39, 0.29) is 11.8 Å². The maximum atomic E-state index is 12.3. The molecule has 114 valence electrons. The molecule has 6 heteroatoms. The number of rotatable bonds is 6. The van der Waals surface area contributed by atoms with Gasteiger partial charge < -0.3 is 14.8 Å². The average molecular weight is 291 g/mol. The van der Waals surface area contributed by atoms with Gasteiger partial charge in [0.15, 0.2) is 0 Å². The minimum Gasteiger partial charge on any atom is -0.406 e. The van der Waals surface area contributed by atoms with Gasteiger partial charge in [0.25, 0.3) is 0 Å². The van der Waals surface area contributed by atoms with E-state index in [1.807, 2.05) is 20.8 Å². The fourth-order valence-electron chi connectivity index (χ4n) is 1.98. The second kappa shape index (κ2) is 6.45. The normalized spacial score (nSPS) is 14.2. The van der Waals surface area contributed by atoms with Gasteiger partial charge in [-0.25, -0.2) is 0 Å². The summed E-state index contributed by atoms with van der Waals surface area (Å²) in [5.41, 5.74) is 0.118. The van der Waals surface area contributed by atoms with Crippen LogP contribution in [-0.4, -0.2) is 25.6 Å². The van der Waals surface area contributed by atoms with Crippen molar-refractivity contribution in [2.24, 2.45) is 0 Å². The minimum absolute atomic E-state index is 0.232. The molecular formula is C14H20F3NO2. The van der Waals surface area contributed by atoms with Crippen molar-refractivity contribution in [2.45, 2.75) is 38.8 Å². The van der Waals surface area contributed by atoms with Gasteiger partial charge in [0.1, 0.15) is 5.75 Å². The Bertz CT molecular complexity index is 433. The Morgan fingerprint density at radius 1 is 1.25 bits per heavy atom. The molecule has 0 aliphatic rings. The number of alkyl halides is 3. The zero-order chi connectivity index (χ0) is 15.4. The molecule has 0 bridgehead atoms. The molecule has 0 aliphatic heterocycles. The third-order valence-corrected chi connectivity index (χ3v) is 3.05. The molecule has 1 N–H and O–H groups in total. The molecule has 20 heavy (non-hydrogen) atoms. The van der Waals surface area contributed by atoms with Crippen molar-refractivity contribution >= 4 is 0 Å². The highest BCUT2D eigenvalue weighted by atomic mass is 19.4. The van der Waals surface area contributed by atoms with Crippen LogP contribution in [0.4, 0.5) is 13.2 Å². The molecule has 0 saturated heterocycles. The number of methoxy groups -OCH3 is 1. The maximum absolute atomic E-state index is 12.3. The molecule has 0 spiro atoms. The molecule has 1 aromatic carbocycles. The zero-order valence-electron chi connectivity index (χ0n) is 12.0. The van der Waals surface area contributed by atoms with Crippen molar-refractivity contribution in [3.05, 3.63) is 29.8 Å². The van der Waals surface area contributed by atoms with Crippen molar-refractivity contribution in [1.82, 2.24) is 5.32 Å². The van der Waals surface area contributed by atoms with Crippen molar-refractivity contribution in [2.75, 3.05) is 13.7 Å². The second-order valence-corrected chi connectivity index (χ2v) is 4.92. The van der Waals surface area contributed by atoms with E-state index in [2.05, 4.69) is 10.1 Å². The summed E-state index contributed by atoms with van der Waals surface area (Å²) in [7, 11) is 1.57. The quantitative estimate of drug-likeness (QED) is 0.867. The molecule has 0 aliphatic carbocycles. The van der Waals surface area contributed by atoms with Crippen LogP contribution in [0.1, 0.15) is 32.4 Å². The molecule has 0 radical (unpaired) electrons. The number of nitrogens with one attached hydrogen (secondary N) is 1. The highest BCUT2D eigenvalue weighted by Gasteiger charge is 2.33. The van der Waals surface area contributed by atoms with E-state index in [4.69, 9.17) is 4.74 Å². The van der Waals surface area contributed by atoms with Gasteiger partial charge in [-0.3, -0.25) is 0 Å². The van der Waals surface area contributed by atoms with Crippen LogP contribution in [0.3, 0.4) is 0 Å². The predicted molar refractivity (Wildman–Crippen MR) is 70.6 cm³/mol. The first-order valence-corrected chi connectivity index (χ1v) is 6.34. The van der Waals surface area contributed by atoms with E-state index < -0.39 is 12.0 Å². The number of hydrogen-bond acceptors (Lipinski definition) is 3. The first-order chi connectivity index (χ1) is 9.19. The third kappa shape index (κ3) is 4.68. The van der Waals surface area contributed by atoms with E-state index in [9.17, 15) is 13.2 Å². The summed E-state index contributed by atoms with van der Waals surface area (Å²) in [6.45, 7) is 6.34. The lowest BCUT2D eigenvalue weighted by atomic mass is 9.91. The predicted octanol–water partition coefficient (Wildman–Crippen LogP) is 3.66. The van der Waals surface area contributed by atoms with Crippen molar-refractivity contribution in [1.29, 1.82) is 0 Å². The van der Waals surface area contributed by atoms with Crippen LogP contribution < -0.4 is 10.1 Å². The molecular weight excluding hydrogens is 271 g/mol. The minimum atomic E-state index is -4.69. The van der Waals surface area contributed by atoms with Crippen LogP contribution in [-0.2, 0) is 4.74 Å². The van der Waals surface area contributed by atoms with Gasteiger partial charge in [0.2, 0.25) is 0 Å². The van der Waals surface area contributed by atoms with Crippen molar-refractivity contribution in [3.8, 4) is 5.75 Å². The molecule has 0 amide bonds. The highest BCUT2D eigenvalue weighted by Crippen LogP contribution is 2.31. The summed E-state index contributed by atoms with van der Waals surface area (Å²) in [5.74, 6) is -0.232. The smallest absolute Gasteiger partial charge is 0.406 e. The SMILES string of the molecule is CCNC(c1cccc(OC(F)(F)F)c1)C(C)(C)OC. The second-order valence-electron chi connectivity index (χ2n) is 4.92. The lowest BCUT2D eigenvalue weighted by Gasteiger charge is -2.34. The molecule has 0 fully saturated rings. The fourth-order valence-corrected chi connectivity index (χ4v) is 1.98. The zero-order valence-corrected chi connectivity index (χ0v) is 12.0. The van der Waals surface area contributed by atoms with Crippen LogP contribution in [0.15, 0.2) is 24.3 Å². The summed E-state index contributed by atoms with van der Waals surface area (Å²) in [6.07, 6.45) is -4.69.